The molecule has 0 saturated heterocycles. The number of nitrogens with one attached hydrogen (secondary N) is 2. The first-order valence-electron chi connectivity index (χ1n) is 12.6. The van der Waals surface area contributed by atoms with Crippen molar-refractivity contribution in [1.82, 2.24) is 15.1 Å². The Kier molecular flexibility index (Phi) is 9.11. The third-order valence-electron chi connectivity index (χ3n) is 6.45. The van der Waals surface area contributed by atoms with Crippen LogP contribution in [0.4, 0.5) is 5.69 Å². The van der Waals surface area contributed by atoms with Crippen molar-refractivity contribution in [2.75, 3.05) is 31.5 Å². The van der Waals surface area contributed by atoms with Gasteiger partial charge >= 0.3 is 0 Å². The Morgan fingerprint density at radius 3 is 2.35 bits per heavy atom. The molecular weight excluding hydrogens is 424 g/mol. The zero-order valence-corrected chi connectivity index (χ0v) is 21.3. The van der Waals surface area contributed by atoms with Crippen LogP contribution < -0.4 is 10.6 Å². The Bertz CT molecular complexity index is 953. The molecule has 2 atom stereocenters. The van der Waals surface area contributed by atoms with Gasteiger partial charge in [-0.1, -0.05) is 45.9 Å². The number of nitrogens with zero attached hydrogens (tertiary/aromatic N) is 2. The number of hydrogen-bond acceptors (Lipinski definition) is 4. The third-order valence-corrected chi connectivity index (χ3v) is 6.45. The van der Waals surface area contributed by atoms with Crippen LogP contribution in [-0.2, 0) is 0 Å². The maximum Gasteiger partial charge on any atom is 0.256 e. The number of rotatable bonds is 12. The molecule has 3 rings (SSSR count). The van der Waals surface area contributed by atoms with Gasteiger partial charge in [0, 0.05) is 35.0 Å². The molecule has 0 fully saturated rings. The molecule has 2 amide bonds. The van der Waals surface area contributed by atoms with Crippen molar-refractivity contribution in [3.8, 4) is 0 Å². The fourth-order valence-electron chi connectivity index (χ4n) is 4.52. The number of carbonyl (C=O) groups excluding carboxylic acids is 2. The highest BCUT2D eigenvalue weighted by Gasteiger charge is 2.36. The maximum atomic E-state index is 13.0. The quantitative estimate of drug-likeness (QED) is 0.456. The fourth-order valence-corrected chi connectivity index (χ4v) is 4.52. The molecule has 0 aromatic heterocycles. The van der Waals surface area contributed by atoms with Gasteiger partial charge in [0.1, 0.15) is 6.17 Å². The van der Waals surface area contributed by atoms with Crippen molar-refractivity contribution in [3.63, 3.8) is 0 Å². The second-order valence-corrected chi connectivity index (χ2v) is 9.61. The molecule has 6 nitrogen and oxygen atoms in total. The summed E-state index contributed by atoms with van der Waals surface area (Å²) in [6.45, 7) is 14.5. The van der Waals surface area contributed by atoms with Gasteiger partial charge in [0.2, 0.25) is 0 Å². The Morgan fingerprint density at radius 1 is 1.03 bits per heavy atom. The molecule has 184 valence electrons. The highest BCUT2D eigenvalue weighted by atomic mass is 16.2. The summed E-state index contributed by atoms with van der Waals surface area (Å²) in [4.78, 5) is 30.0. The van der Waals surface area contributed by atoms with E-state index < -0.39 is 0 Å². The van der Waals surface area contributed by atoms with E-state index >= 15 is 0 Å². The minimum atomic E-state index is -0.211. The van der Waals surface area contributed by atoms with Crippen molar-refractivity contribution in [3.05, 3.63) is 65.2 Å². The number of benzene rings is 2. The van der Waals surface area contributed by atoms with Gasteiger partial charge in [0.15, 0.2) is 0 Å². The summed E-state index contributed by atoms with van der Waals surface area (Å²) in [7, 11) is 0. The molecule has 6 heteroatoms. The largest absolute Gasteiger partial charge is 0.361 e. The van der Waals surface area contributed by atoms with Crippen LogP contribution >= 0.6 is 0 Å². The van der Waals surface area contributed by atoms with Gasteiger partial charge in [-0.2, -0.15) is 0 Å². The molecule has 1 aliphatic rings. The van der Waals surface area contributed by atoms with Crippen LogP contribution in [0.5, 0.6) is 0 Å². The Labute approximate surface area is 204 Å². The summed E-state index contributed by atoms with van der Waals surface area (Å²) in [5, 5.41) is 6.62. The van der Waals surface area contributed by atoms with Crippen LogP contribution in [0.1, 0.15) is 79.9 Å². The predicted molar refractivity (Wildman–Crippen MR) is 139 cm³/mol. The van der Waals surface area contributed by atoms with E-state index in [1.807, 2.05) is 53.4 Å². The first-order chi connectivity index (χ1) is 16.3. The van der Waals surface area contributed by atoms with Gasteiger partial charge in [-0.25, -0.2) is 0 Å². The van der Waals surface area contributed by atoms with Gasteiger partial charge in [-0.3, -0.25) is 9.59 Å². The van der Waals surface area contributed by atoms with Crippen LogP contribution in [0.3, 0.4) is 0 Å². The summed E-state index contributed by atoms with van der Waals surface area (Å²) in [6.07, 6.45) is 1.82. The number of amides is 2. The van der Waals surface area contributed by atoms with Crippen LogP contribution in [-0.4, -0.2) is 53.8 Å². The lowest BCUT2D eigenvalue weighted by Crippen LogP contribution is -2.35. The van der Waals surface area contributed by atoms with E-state index in [1.165, 1.54) is 0 Å². The van der Waals surface area contributed by atoms with Crippen LogP contribution in [0.25, 0.3) is 0 Å². The normalized spacial score (nSPS) is 16.1. The van der Waals surface area contributed by atoms with E-state index in [0.717, 1.165) is 49.3 Å². The van der Waals surface area contributed by atoms with E-state index in [1.54, 1.807) is 0 Å². The second-order valence-electron chi connectivity index (χ2n) is 9.61. The van der Waals surface area contributed by atoms with E-state index in [0.29, 0.717) is 18.0 Å². The lowest BCUT2D eigenvalue weighted by molar-refractivity contribution is 0.0720. The molecule has 0 bridgehead atoms. The van der Waals surface area contributed by atoms with Crippen molar-refractivity contribution in [1.29, 1.82) is 0 Å². The smallest absolute Gasteiger partial charge is 0.256 e. The van der Waals surface area contributed by atoms with E-state index in [2.05, 4.69) is 50.2 Å². The number of carbonyl (C=O) groups is 2. The molecule has 0 aliphatic carbocycles. The number of fused-ring (bicyclic) bond motifs is 1. The molecule has 1 heterocycles. The molecule has 2 aromatic carbocycles. The average Bonchev–Trinajstić information content (AvgIpc) is 3.08. The van der Waals surface area contributed by atoms with Crippen LogP contribution in [0.15, 0.2) is 48.5 Å². The lowest BCUT2D eigenvalue weighted by atomic mass is 10.1. The van der Waals surface area contributed by atoms with Gasteiger partial charge in [0.25, 0.3) is 11.8 Å². The summed E-state index contributed by atoms with van der Waals surface area (Å²) in [5.41, 5.74) is 3.27. The molecule has 1 aliphatic heterocycles. The summed E-state index contributed by atoms with van der Waals surface area (Å²) < 4.78 is 0. The Hall–Kier alpha value is -2.86. The minimum Gasteiger partial charge on any atom is -0.361 e. The number of anilines is 1. The van der Waals surface area contributed by atoms with Crippen molar-refractivity contribution >= 4 is 17.5 Å². The fraction of sp³-hybridized carbons (Fsp3) is 0.500. The molecule has 0 spiro atoms. The standard InChI is InChI=1S/C28H40N4O2/c1-6-31(7-2)18-10-11-21(5)29-27(33)22-14-16-23(17-15-22)30-26-24-12-8-9-13-25(24)28(34)32(26)19-20(3)4/h8-9,12-17,20-21,26,30H,6-7,10-11,18-19H2,1-5H3,(H,29,33). The Balaban J connectivity index is 1.60. The Morgan fingerprint density at radius 2 is 1.71 bits per heavy atom. The first kappa shape index (κ1) is 25.8. The summed E-state index contributed by atoms with van der Waals surface area (Å²) in [6, 6.07) is 15.4. The zero-order valence-electron chi connectivity index (χ0n) is 21.3. The molecule has 0 radical (unpaired) electrons. The van der Waals surface area contributed by atoms with E-state index in [9.17, 15) is 9.59 Å². The van der Waals surface area contributed by atoms with Crippen LogP contribution in [0, 0.1) is 5.92 Å². The van der Waals surface area contributed by atoms with Crippen molar-refractivity contribution in [2.45, 2.75) is 59.7 Å². The second kappa shape index (κ2) is 12.0. The predicted octanol–water partition coefficient (Wildman–Crippen LogP) is 5.15. The monoisotopic (exact) mass is 464 g/mol. The van der Waals surface area contributed by atoms with Crippen molar-refractivity contribution < 1.29 is 9.59 Å². The first-order valence-corrected chi connectivity index (χ1v) is 12.6. The minimum absolute atomic E-state index is 0.0512. The van der Waals surface area contributed by atoms with Gasteiger partial charge < -0.3 is 20.4 Å². The molecule has 34 heavy (non-hydrogen) atoms. The topological polar surface area (TPSA) is 64.7 Å². The zero-order chi connectivity index (χ0) is 24.7. The summed E-state index contributed by atoms with van der Waals surface area (Å²) >= 11 is 0. The SMILES string of the molecule is CCN(CC)CCCC(C)NC(=O)c1ccc(NC2c3ccccc3C(=O)N2CC(C)C)cc1. The average molecular weight is 465 g/mol. The van der Waals surface area contributed by atoms with Crippen LogP contribution in [0.2, 0.25) is 0 Å². The molecule has 0 saturated carbocycles. The molecule has 2 aromatic rings. The lowest BCUT2D eigenvalue weighted by Gasteiger charge is -2.28. The third kappa shape index (κ3) is 6.38. The van der Waals surface area contributed by atoms with E-state index in [-0.39, 0.29) is 24.0 Å². The highest BCUT2D eigenvalue weighted by Crippen LogP contribution is 2.34. The molecule has 2 N–H and O–H groups in total. The van der Waals surface area contributed by atoms with E-state index in [4.69, 9.17) is 0 Å². The van der Waals surface area contributed by atoms with Gasteiger partial charge in [-0.05, 0) is 75.6 Å². The maximum absolute atomic E-state index is 13.0. The molecular formula is C28H40N4O2. The highest BCUT2D eigenvalue weighted by molar-refractivity contribution is 5.99. The molecule has 2 unspecified atom stereocenters. The van der Waals surface area contributed by atoms with Crippen molar-refractivity contribution in [2.24, 2.45) is 5.92 Å². The van der Waals surface area contributed by atoms with Gasteiger partial charge in [-0.15, -0.1) is 0 Å². The van der Waals surface area contributed by atoms with Gasteiger partial charge in [0.05, 0.1) is 0 Å². The number of hydrogen-bond donors (Lipinski definition) is 2. The summed E-state index contributed by atoms with van der Waals surface area (Å²) in [5.74, 6) is 0.375.